The fraction of sp³-hybridized carbons (Fsp3) is 0.400. The van der Waals surface area contributed by atoms with Gasteiger partial charge in [-0.1, -0.05) is 18.2 Å². The maximum Gasteiger partial charge on any atom is 0.225 e. The summed E-state index contributed by atoms with van der Waals surface area (Å²) in [6.07, 6.45) is 2.48. The fourth-order valence-corrected chi connectivity index (χ4v) is 1.46. The van der Waals surface area contributed by atoms with Crippen LogP contribution in [-0.2, 0) is 4.79 Å². The largest absolute Gasteiger partial charge is 0.493 e. The molecular weight excluding hydrogens is 226 g/mol. The highest BCUT2D eigenvalue weighted by Crippen LogP contribution is 2.18. The number of allylic oxidation sites excluding steroid dienone is 2. The lowest BCUT2D eigenvalue weighted by Crippen LogP contribution is -2.23. The molecule has 0 aliphatic heterocycles. The molecule has 1 aromatic carbocycles. The Labute approximate surface area is 109 Å². The van der Waals surface area contributed by atoms with Gasteiger partial charge < -0.3 is 9.64 Å². The van der Waals surface area contributed by atoms with Crippen molar-refractivity contribution in [1.82, 2.24) is 4.90 Å². The van der Waals surface area contributed by atoms with E-state index in [9.17, 15) is 4.79 Å². The molecule has 3 nitrogen and oxygen atoms in total. The van der Waals surface area contributed by atoms with Gasteiger partial charge in [0.15, 0.2) is 0 Å². The van der Waals surface area contributed by atoms with Gasteiger partial charge in [0.1, 0.15) is 5.75 Å². The number of ether oxygens (including phenoxy) is 1. The number of hydrogen-bond donors (Lipinski definition) is 0. The first-order valence-electron chi connectivity index (χ1n) is 6.11. The summed E-state index contributed by atoms with van der Waals surface area (Å²) in [5.74, 6) is 0.880. The van der Waals surface area contributed by atoms with Crippen molar-refractivity contribution < 1.29 is 9.53 Å². The Balaban J connectivity index is 2.47. The van der Waals surface area contributed by atoms with E-state index in [0.717, 1.165) is 5.75 Å². The molecule has 0 radical (unpaired) electrons. The van der Waals surface area contributed by atoms with Gasteiger partial charge in [0.25, 0.3) is 0 Å². The molecule has 1 amide bonds. The summed E-state index contributed by atoms with van der Waals surface area (Å²) < 4.78 is 5.53. The maximum atomic E-state index is 11.4. The lowest BCUT2D eigenvalue weighted by atomic mass is 10.1. The fourth-order valence-electron chi connectivity index (χ4n) is 1.46. The predicted octanol–water partition coefficient (Wildman–Crippen LogP) is 2.97. The van der Waals surface area contributed by atoms with E-state index < -0.39 is 0 Å². The number of hydrogen-bond acceptors (Lipinski definition) is 2. The molecule has 0 N–H and O–H groups in total. The molecule has 0 fully saturated rings. The third kappa shape index (κ3) is 4.24. The van der Waals surface area contributed by atoms with Crippen LogP contribution >= 0.6 is 0 Å². The lowest BCUT2D eigenvalue weighted by molar-refractivity contribution is -0.129. The number of amides is 1. The van der Waals surface area contributed by atoms with E-state index in [-0.39, 0.29) is 5.91 Å². The summed E-state index contributed by atoms with van der Waals surface area (Å²) in [6.45, 7) is 4.51. The quantitative estimate of drug-likeness (QED) is 0.800. The van der Waals surface area contributed by atoms with Crippen molar-refractivity contribution >= 4 is 11.5 Å². The Morgan fingerprint density at radius 2 is 1.89 bits per heavy atom. The van der Waals surface area contributed by atoms with Gasteiger partial charge in [-0.05, 0) is 37.1 Å². The Hall–Kier alpha value is -1.77. The molecule has 0 saturated heterocycles. The molecule has 18 heavy (non-hydrogen) atoms. The monoisotopic (exact) mass is 247 g/mol. The lowest BCUT2D eigenvalue weighted by Gasteiger charge is -2.11. The molecule has 1 rings (SSSR count). The highest BCUT2D eigenvalue weighted by Gasteiger charge is 2.04. The summed E-state index contributed by atoms with van der Waals surface area (Å²) in [4.78, 5) is 12.9. The van der Waals surface area contributed by atoms with E-state index in [2.05, 4.69) is 13.0 Å². The zero-order chi connectivity index (χ0) is 13.5. The minimum atomic E-state index is 0.0800. The summed E-state index contributed by atoms with van der Waals surface area (Å²) >= 11 is 0. The third-order valence-electron chi connectivity index (χ3n) is 2.83. The zero-order valence-corrected chi connectivity index (χ0v) is 11.6. The molecule has 0 aliphatic rings. The van der Waals surface area contributed by atoms with E-state index in [1.165, 1.54) is 11.1 Å². The Bertz CT molecular complexity index is 419. The van der Waals surface area contributed by atoms with Gasteiger partial charge in [0.05, 0.1) is 13.0 Å². The smallest absolute Gasteiger partial charge is 0.225 e. The van der Waals surface area contributed by atoms with Crippen molar-refractivity contribution in [3.63, 3.8) is 0 Å². The molecule has 0 heterocycles. The molecule has 0 aliphatic carbocycles. The molecule has 0 bridgehead atoms. The van der Waals surface area contributed by atoms with Crippen LogP contribution in [0, 0.1) is 0 Å². The Morgan fingerprint density at radius 1 is 1.28 bits per heavy atom. The number of benzene rings is 1. The van der Waals surface area contributed by atoms with Crippen LogP contribution in [0.5, 0.6) is 5.75 Å². The summed E-state index contributed by atoms with van der Waals surface area (Å²) in [5.41, 5.74) is 2.43. The molecular formula is C15H21NO2. The van der Waals surface area contributed by atoms with Gasteiger partial charge in [0.2, 0.25) is 5.91 Å². The van der Waals surface area contributed by atoms with E-state index >= 15 is 0 Å². The van der Waals surface area contributed by atoms with Crippen LogP contribution in [0.1, 0.15) is 25.8 Å². The molecule has 0 unspecified atom stereocenters. The first kappa shape index (κ1) is 14.3. The van der Waals surface area contributed by atoms with Gasteiger partial charge in [0, 0.05) is 14.1 Å². The normalized spacial score (nSPS) is 11.2. The average Bonchev–Trinajstić information content (AvgIpc) is 2.38. The first-order chi connectivity index (χ1) is 8.54. The minimum absolute atomic E-state index is 0.0800. The second-order valence-electron chi connectivity index (χ2n) is 4.38. The average molecular weight is 247 g/mol. The van der Waals surface area contributed by atoms with Crippen LogP contribution in [0.3, 0.4) is 0 Å². The van der Waals surface area contributed by atoms with Crippen molar-refractivity contribution in [2.45, 2.75) is 20.3 Å². The van der Waals surface area contributed by atoms with Gasteiger partial charge in [-0.25, -0.2) is 0 Å². The van der Waals surface area contributed by atoms with E-state index in [0.29, 0.717) is 13.0 Å². The van der Waals surface area contributed by atoms with Crippen LogP contribution in [0.4, 0.5) is 0 Å². The number of nitrogens with zero attached hydrogens (tertiary/aromatic N) is 1. The van der Waals surface area contributed by atoms with Crippen LogP contribution < -0.4 is 4.74 Å². The van der Waals surface area contributed by atoms with Crippen molar-refractivity contribution in [2.75, 3.05) is 20.7 Å². The topological polar surface area (TPSA) is 29.5 Å². The third-order valence-corrected chi connectivity index (χ3v) is 2.83. The Morgan fingerprint density at radius 3 is 2.39 bits per heavy atom. The van der Waals surface area contributed by atoms with Crippen molar-refractivity contribution in [3.05, 3.63) is 35.9 Å². The van der Waals surface area contributed by atoms with Gasteiger partial charge >= 0.3 is 0 Å². The molecule has 0 aromatic heterocycles. The van der Waals surface area contributed by atoms with Crippen LogP contribution in [0.15, 0.2) is 30.3 Å². The highest BCUT2D eigenvalue weighted by atomic mass is 16.5. The standard InChI is InChI=1S/C15H21NO2/c1-5-12(2)13-6-8-14(9-7-13)18-11-10-15(17)16(3)4/h5-9H,10-11H2,1-4H3. The summed E-state index contributed by atoms with van der Waals surface area (Å²) in [7, 11) is 3.49. The molecule has 1 aromatic rings. The second-order valence-corrected chi connectivity index (χ2v) is 4.38. The zero-order valence-electron chi connectivity index (χ0n) is 11.6. The second kappa shape index (κ2) is 6.84. The number of carbonyl (C=O) groups is 1. The molecule has 98 valence electrons. The molecule has 3 heteroatoms. The van der Waals surface area contributed by atoms with Gasteiger partial charge in [-0.2, -0.15) is 0 Å². The summed E-state index contributed by atoms with van der Waals surface area (Å²) in [5, 5.41) is 0. The molecule has 0 atom stereocenters. The number of rotatable bonds is 5. The van der Waals surface area contributed by atoms with E-state index in [1.54, 1.807) is 19.0 Å². The molecule has 0 saturated carbocycles. The SMILES string of the molecule is CC=C(C)c1ccc(OCCC(=O)N(C)C)cc1. The maximum absolute atomic E-state index is 11.4. The van der Waals surface area contributed by atoms with Gasteiger partial charge in [-0.15, -0.1) is 0 Å². The van der Waals surface area contributed by atoms with E-state index in [1.807, 2.05) is 31.2 Å². The Kier molecular flexibility index (Phi) is 5.43. The van der Waals surface area contributed by atoms with Crippen LogP contribution in [-0.4, -0.2) is 31.5 Å². The summed E-state index contributed by atoms with van der Waals surface area (Å²) in [6, 6.07) is 7.92. The van der Waals surface area contributed by atoms with Crippen LogP contribution in [0.25, 0.3) is 5.57 Å². The number of carbonyl (C=O) groups excluding carboxylic acids is 1. The van der Waals surface area contributed by atoms with Crippen molar-refractivity contribution in [2.24, 2.45) is 0 Å². The molecule has 0 spiro atoms. The minimum Gasteiger partial charge on any atom is -0.493 e. The predicted molar refractivity (Wildman–Crippen MR) is 74.6 cm³/mol. The first-order valence-corrected chi connectivity index (χ1v) is 6.11. The van der Waals surface area contributed by atoms with Gasteiger partial charge in [-0.3, -0.25) is 4.79 Å². The van der Waals surface area contributed by atoms with Crippen molar-refractivity contribution in [3.8, 4) is 5.75 Å². The van der Waals surface area contributed by atoms with E-state index in [4.69, 9.17) is 4.74 Å². The van der Waals surface area contributed by atoms with Crippen molar-refractivity contribution in [1.29, 1.82) is 0 Å². The van der Waals surface area contributed by atoms with Crippen LogP contribution in [0.2, 0.25) is 0 Å². The highest BCUT2D eigenvalue weighted by molar-refractivity contribution is 5.75.